The molecule has 35 heavy (non-hydrogen) atoms. The van der Waals surface area contributed by atoms with Crippen LogP contribution in [0.15, 0.2) is 91.0 Å². The molecule has 1 amide bonds. The summed E-state index contributed by atoms with van der Waals surface area (Å²) in [5, 5.41) is 13.6. The highest BCUT2D eigenvalue weighted by Crippen LogP contribution is 2.39. The summed E-state index contributed by atoms with van der Waals surface area (Å²) < 4.78 is 0. The van der Waals surface area contributed by atoms with E-state index >= 15 is 0 Å². The number of amides is 1. The molecule has 0 aromatic heterocycles. The van der Waals surface area contributed by atoms with Crippen LogP contribution in [0.1, 0.15) is 30.4 Å². The number of anilines is 1. The molecule has 0 radical (unpaired) electrons. The van der Waals surface area contributed by atoms with E-state index in [2.05, 4.69) is 27.2 Å². The number of carboxylic acids is 1. The third kappa shape index (κ3) is 4.08. The average molecular weight is 470 g/mol. The molecule has 6 heteroatoms. The van der Waals surface area contributed by atoms with Crippen molar-refractivity contribution in [1.82, 2.24) is 10.2 Å². The number of aliphatic carboxylic acids is 1. The quantitative estimate of drug-likeness (QED) is 0.550. The number of hydrogen-bond donors (Lipinski definition) is 2. The van der Waals surface area contributed by atoms with Crippen molar-refractivity contribution >= 4 is 17.6 Å². The summed E-state index contributed by atoms with van der Waals surface area (Å²) in [4.78, 5) is 30.3. The van der Waals surface area contributed by atoms with Gasteiger partial charge in [-0.05, 0) is 49.1 Å². The highest BCUT2D eigenvalue weighted by molar-refractivity contribution is 5.93. The molecule has 3 aromatic carbocycles. The van der Waals surface area contributed by atoms with Crippen molar-refractivity contribution in [2.75, 3.05) is 31.2 Å². The van der Waals surface area contributed by atoms with Gasteiger partial charge in [0, 0.05) is 18.8 Å². The van der Waals surface area contributed by atoms with Gasteiger partial charge in [-0.25, -0.2) is 0 Å². The number of carboxylic acid groups (broad SMARTS) is 1. The Morgan fingerprint density at radius 2 is 1.37 bits per heavy atom. The van der Waals surface area contributed by atoms with Gasteiger partial charge in [-0.15, -0.1) is 0 Å². The molecule has 2 aliphatic heterocycles. The van der Waals surface area contributed by atoms with E-state index in [4.69, 9.17) is 0 Å². The fourth-order valence-electron chi connectivity index (χ4n) is 5.76. The van der Waals surface area contributed by atoms with Crippen LogP contribution in [0.4, 0.5) is 5.69 Å². The molecule has 2 saturated heterocycles. The molecule has 1 spiro atoms. The minimum Gasteiger partial charge on any atom is -0.480 e. The molecule has 2 fully saturated rings. The van der Waals surface area contributed by atoms with Gasteiger partial charge < -0.3 is 20.2 Å². The molecule has 6 nitrogen and oxygen atoms in total. The van der Waals surface area contributed by atoms with Crippen LogP contribution in [0.5, 0.6) is 0 Å². The molecule has 0 aliphatic carbocycles. The van der Waals surface area contributed by atoms with Gasteiger partial charge in [0.25, 0.3) is 0 Å². The van der Waals surface area contributed by atoms with Crippen LogP contribution in [0.2, 0.25) is 0 Å². The Kier molecular flexibility index (Phi) is 6.31. The number of carbonyl (C=O) groups is 2. The van der Waals surface area contributed by atoms with E-state index in [0.29, 0.717) is 32.5 Å². The fourth-order valence-corrected chi connectivity index (χ4v) is 5.76. The van der Waals surface area contributed by atoms with E-state index in [1.165, 1.54) is 0 Å². The van der Waals surface area contributed by atoms with Crippen LogP contribution in [-0.4, -0.2) is 53.7 Å². The predicted octanol–water partition coefficient (Wildman–Crippen LogP) is 3.88. The first-order chi connectivity index (χ1) is 17.1. The lowest BCUT2D eigenvalue weighted by Gasteiger charge is -2.44. The number of carbonyl (C=O) groups excluding carboxylic acids is 1. The van der Waals surface area contributed by atoms with Crippen molar-refractivity contribution < 1.29 is 14.7 Å². The van der Waals surface area contributed by atoms with Crippen molar-refractivity contribution in [3.8, 4) is 0 Å². The van der Waals surface area contributed by atoms with Crippen LogP contribution < -0.4 is 10.2 Å². The average Bonchev–Trinajstić information content (AvgIpc) is 3.22. The van der Waals surface area contributed by atoms with Gasteiger partial charge in [-0.2, -0.15) is 0 Å². The molecule has 2 aliphatic rings. The summed E-state index contributed by atoms with van der Waals surface area (Å²) in [6.45, 7) is 2.65. The summed E-state index contributed by atoms with van der Waals surface area (Å²) in [6, 6.07) is 29.2. The van der Waals surface area contributed by atoms with Gasteiger partial charge in [-0.1, -0.05) is 78.9 Å². The molecule has 0 atom stereocenters. The number of piperidine rings is 1. The molecular formula is C29H31N3O3. The highest BCUT2D eigenvalue weighted by atomic mass is 16.4. The van der Waals surface area contributed by atoms with Crippen LogP contribution in [-0.2, 0) is 15.0 Å². The normalized spacial score (nSPS) is 17.9. The van der Waals surface area contributed by atoms with Crippen molar-refractivity contribution in [3.63, 3.8) is 0 Å². The second kappa shape index (κ2) is 9.55. The maximum absolute atomic E-state index is 13.0. The topological polar surface area (TPSA) is 72.9 Å². The standard InChI is InChI=1S/C29H31N3O3/c33-26-28(32(22-30-26)25-14-8-3-9-15-25)16-19-31(20-17-28)21-18-29(27(34)35,23-10-4-1-5-11-23)24-12-6-2-7-13-24/h1-15H,16-22H2,(H,30,33)(H,34,35). The molecule has 180 valence electrons. The van der Waals surface area contributed by atoms with Crippen molar-refractivity contribution in [1.29, 1.82) is 0 Å². The lowest BCUT2D eigenvalue weighted by molar-refractivity contribution is -0.142. The first kappa shape index (κ1) is 23.1. The molecular weight excluding hydrogens is 438 g/mol. The third-order valence-electron chi connectivity index (χ3n) is 7.79. The van der Waals surface area contributed by atoms with Crippen LogP contribution in [0.3, 0.4) is 0 Å². The number of para-hydroxylation sites is 1. The van der Waals surface area contributed by atoms with E-state index in [1.54, 1.807) is 0 Å². The number of hydrogen-bond acceptors (Lipinski definition) is 4. The summed E-state index contributed by atoms with van der Waals surface area (Å²) in [7, 11) is 0. The summed E-state index contributed by atoms with van der Waals surface area (Å²) in [5.41, 5.74) is 0.964. The molecule has 5 rings (SSSR count). The van der Waals surface area contributed by atoms with Gasteiger partial charge in [0.2, 0.25) is 5.91 Å². The van der Waals surface area contributed by atoms with E-state index in [1.807, 2.05) is 78.9 Å². The highest BCUT2D eigenvalue weighted by Gasteiger charge is 2.50. The maximum atomic E-state index is 13.0. The van der Waals surface area contributed by atoms with Crippen molar-refractivity contribution in [3.05, 3.63) is 102 Å². The zero-order chi connectivity index (χ0) is 24.3. The summed E-state index contributed by atoms with van der Waals surface area (Å²) >= 11 is 0. The Bertz CT molecular complexity index is 1120. The van der Waals surface area contributed by atoms with E-state index < -0.39 is 16.9 Å². The van der Waals surface area contributed by atoms with Crippen LogP contribution in [0.25, 0.3) is 0 Å². The Morgan fingerprint density at radius 1 is 0.857 bits per heavy atom. The Hall–Kier alpha value is -3.64. The van der Waals surface area contributed by atoms with Crippen LogP contribution >= 0.6 is 0 Å². The zero-order valence-corrected chi connectivity index (χ0v) is 19.8. The molecule has 2 heterocycles. The Labute approximate surface area is 206 Å². The Morgan fingerprint density at radius 3 is 1.89 bits per heavy atom. The van der Waals surface area contributed by atoms with Crippen molar-refractivity contribution in [2.45, 2.75) is 30.2 Å². The second-order valence-corrected chi connectivity index (χ2v) is 9.49. The fraction of sp³-hybridized carbons (Fsp3) is 0.310. The zero-order valence-electron chi connectivity index (χ0n) is 19.8. The van der Waals surface area contributed by atoms with Gasteiger partial charge in [-0.3, -0.25) is 9.59 Å². The lowest BCUT2D eigenvalue weighted by Crippen LogP contribution is -2.56. The number of nitrogens with one attached hydrogen (secondary N) is 1. The maximum Gasteiger partial charge on any atom is 0.318 e. The summed E-state index contributed by atoms with van der Waals surface area (Å²) in [5.74, 6) is -0.747. The third-order valence-corrected chi connectivity index (χ3v) is 7.79. The first-order valence-electron chi connectivity index (χ1n) is 12.2. The summed E-state index contributed by atoms with van der Waals surface area (Å²) in [6.07, 6.45) is 1.88. The van der Waals surface area contributed by atoms with E-state index in [-0.39, 0.29) is 5.91 Å². The van der Waals surface area contributed by atoms with Gasteiger partial charge in [0.05, 0.1) is 6.67 Å². The molecule has 0 saturated carbocycles. The minimum absolute atomic E-state index is 0.0921. The first-order valence-corrected chi connectivity index (χ1v) is 12.2. The number of nitrogens with zero attached hydrogens (tertiary/aromatic N) is 2. The predicted molar refractivity (Wildman–Crippen MR) is 136 cm³/mol. The second-order valence-electron chi connectivity index (χ2n) is 9.49. The van der Waals surface area contributed by atoms with Gasteiger partial charge >= 0.3 is 5.97 Å². The van der Waals surface area contributed by atoms with Gasteiger partial charge in [0.15, 0.2) is 0 Å². The van der Waals surface area contributed by atoms with E-state index in [9.17, 15) is 14.7 Å². The SMILES string of the molecule is O=C(O)C(CCN1CCC2(CC1)C(=O)NCN2c1ccccc1)(c1ccccc1)c1ccccc1. The molecule has 0 bridgehead atoms. The number of rotatable bonds is 7. The molecule has 0 unspecified atom stereocenters. The van der Waals surface area contributed by atoms with Gasteiger partial charge in [0.1, 0.15) is 11.0 Å². The molecule has 3 aromatic rings. The van der Waals surface area contributed by atoms with Crippen molar-refractivity contribution in [2.24, 2.45) is 0 Å². The Balaban J connectivity index is 1.35. The van der Waals surface area contributed by atoms with E-state index in [0.717, 1.165) is 29.9 Å². The smallest absolute Gasteiger partial charge is 0.318 e. The monoisotopic (exact) mass is 469 g/mol. The van der Waals surface area contributed by atoms with Crippen LogP contribution in [0, 0.1) is 0 Å². The minimum atomic E-state index is -1.13. The number of benzene rings is 3. The molecule has 2 N–H and O–H groups in total. The number of likely N-dealkylation sites (tertiary alicyclic amines) is 1. The largest absolute Gasteiger partial charge is 0.480 e. The lowest BCUT2D eigenvalue weighted by atomic mass is 9.71.